The highest BCUT2D eigenvalue weighted by Crippen LogP contribution is 2.35. The van der Waals surface area contributed by atoms with Crippen LogP contribution in [0.15, 0.2) is 12.4 Å². The van der Waals surface area contributed by atoms with Crippen molar-refractivity contribution in [1.82, 2.24) is 25.3 Å². The van der Waals surface area contributed by atoms with Crippen LogP contribution in [0.25, 0.3) is 11.4 Å². The molecule has 0 bridgehead atoms. The van der Waals surface area contributed by atoms with Gasteiger partial charge in [-0.25, -0.2) is 19.7 Å². The van der Waals surface area contributed by atoms with E-state index < -0.39 is 5.97 Å². The van der Waals surface area contributed by atoms with Crippen LogP contribution in [0.2, 0.25) is 10.0 Å². The van der Waals surface area contributed by atoms with Crippen LogP contribution in [0.1, 0.15) is 46.1 Å². The van der Waals surface area contributed by atoms with Crippen molar-refractivity contribution in [3.8, 4) is 11.4 Å². The topological polar surface area (TPSA) is 134 Å². The molecular formula is C25H31Cl2N7O4S. The summed E-state index contributed by atoms with van der Waals surface area (Å²) in [4.78, 5) is 44.7. The molecule has 3 aromatic heterocycles. The molecule has 3 N–H and O–H groups in total. The first-order valence-electron chi connectivity index (χ1n) is 12.6. The molecule has 0 unspecified atom stereocenters. The highest BCUT2D eigenvalue weighted by atomic mass is 35.5. The number of hydrogen-bond donors (Lipinski definition) is 3. The normalized spacial score (nSPS) is 17.2. The zero-order valence-corrected chi connectivity index (χ0v) is 24.5. The van der Waals surface area contributed by atoms with Gasteiger partial charge >= 0.3 is 5.97 Å². The molecule has 210 valence electrons. The Hall–Kier alpha value is -2.93. The number of nitrogens with zero attached hydrogens (tertiary/aromatic N) is 4. The van der Waals surface area contributed by atoms with E-state index >= 15 is 0 Å². The Morgan fingerprint density at radius 2 is 2.05 bits per heavy atom. The summed E-state index contributed by atoms with van der Waals surface area (Å²) >= 11 is 13.6. The minimum atomic E-state index is -0.452. The number of thiazole rings is 1. The number of methoxy groups -OCH3 is 1. The van der Waals surface area contributed by atoms with Crippen LogP contribution in [0, 0.1) is 12.8 Å². The number of carbonyl (C=O) groups is 2. The number of anilines is 2. The van der Waals surface area contributed by atoms with Crippen LogP contribution in [-0.2, 0) is 9.47 Å². The van der Waals surface area contributed by atoms with Crippen molar-refractivity contribution in [2.45, 2.75) is 33.2 Å². The molecule has 1 fully saturated rings. The van der Waals surface area contributed by atoms with E-state index in [0.717, 1.165) is 0 Å². The average molecular weight is 597 g/mol. The maximum absolute atomic E-state index is 12.9. The molecule has 11 nitrogen and oxygen atoms in total. The van der Waals surface area contributed by atoms with E-state index in [9.17, 15) is 9.59 Å². The van der Waals surface area contributed by atoms with Crippen molar-refractivity contribution in [3.63, 3.8) is 0 Å². The van der Waals surface area contributed by atoms with Crippen molar-refractivity contribution in [3.05, 3.63) is 38.7 Å². The molecule has 2 atom stereocenters. The molecule has 0 radical (unpaired) electrons. The van der Waals surface area contributed by atoms with Gasteiger partial charge in [-0.15, -0.1) is 0 Å². The van der Waals surface area contributed by atoms with Crippen LogP contribution < -0.4 is 15.5 Å². The van der Waals surface area contributed by atoms with E-state index in [4.69, 9.17) is 37.7 Å². The number of amides is 1. The van der Waals surface area contributed by atoms with Crippen molar-refractivity contribution < 1.29 is 19.1 Å². The summed E-state index contributed by atoms with van der Waals surface area (Å²) < 4.78 is 10.3. The minimum absolute atomic E-state index is 0.0693. The van der Waals surface area contributed by atoms with Gasteiger partial charge in [0.2, 0.25) is 0 Å². The number of piperidine rings is 1. The fraction of sp³-hybridized carbons (Fsp3) is 0.480. The molecule has 0 aromatic carbocycles. The lowest BCUT2D eigenvalue weighted by atomic mass is 9.94. The van der Waals surface area contributed by atoms with Gasteiger partial charge in [0, 0.05) is 38.5 Å². The molecule has 4 rings (SSSR count). The number of aromatic nitrogens is 4. The first kappa shape index (κ1) is 29.1. The summed E-state index contributed by atoms with van der Waals surface area (Å²) in [5.74, 6) is -0.0453. The summed E-state index contributed by atoms with van der Waals surface area (Å²) in [6.45, 7) is 8.24. The highest BCUT2D eigenvalue weighted by molar-refractivity contribution is 7.17. The van der Waals surface area contributed by atoms with E-state index in [0.29, 0.717) is 70.6 Å². The van der Waals surface area contributed by atoms with E-state index in [1.807, 2.05) is 0 Å². The summed E-state index contributed by atoms with van der Waals surface area (Å²) in [6.07, 6.45) is 3.87. The molecule has 14 heteroatoms. The number of hydrogen-bond acceptors (Lipinski definition) is 10. The van der Waals surface area contributed by atoms with Gasteiger partial charge < -0.3 is 30.0 Å². The van der Waals surface area contributed by atoms with Gasteiger partial charge in [-0.05, 0) is 26.2 Å². The van der Waals surface area contributed by atoms with E-state index in [1.54, 1.807) is 33.4 Å². The third-order valence-electron chi connectivity index (χ3n) is 6.36. The predicted octanol–water partition coefficient (Wildman–Crippen LogP) is 4.42. The third kappa shape index (κ3) is 6.63. The summed E-state index contributed by atoms with van der Waals surface area (Å²) in [6, 6.07) is -0.0693. The summed E-state index contributed by atoms with van der Waals surface area (Å²) in [5.41, 5.74) is 1.82. The largest absolute Gasteiger partial charge is 0.462 e. The second-order valence-electron chi connectivity index (χ2n) is 9.15. The first-order chi connectivity index (χ1) is 18.7. The van der Waals surface area contributed by atoms with Crippen molar-refractivity contribution in [2.75, 3.05) is 50.2 Å². The van der Waals surface area contributed by atoms with E-state index in [2.05, 4.69) is 37.4 Å². The minimum Gasteiger partial charge on any atom is -0.462 e. The van der Waals surface area contributed by atoms with Gasteiger partial charge in [0.05, 0.1) is 35.7 Å². The number of rotatable bonds is 10. The Bertz CT molecular complexity index is 1310. The molecule has 1 saturated heterocycles. The smallest absolute Gasteiger partial charge is 0.350 e. The summed E-state index contributed by atoms with van der Waals surface area (Å²) in [7, 11) is 1.63. The van der Waals surface area contributed by atoms with Gasteiger partial charge in [0.1, 0.15) is 27.8 Å². The second kappa shape index (κ2) is 12.9. The first-order valence-corrected chi connectivity index (χ1v) is 14.1. The SMILES string of the molecule is CCOC(=O)c1sc(N2CC[C@@H](NC(=O)c3[nH]c(C)c(Cl)c3Cl)[C@@H](C)C2)nc1-c1cnc(NCCOC)cn1. The number of aromatic amines is 1. The van der Waals surface area contributed by atoms with Gasteiger partial charge in [0.15, 0.2) is 5.13 Å². The Kier molecular flexibility index (Phi) is 9.65. The van der Waals surface area contributed by atoms with Crippen LogP contribution >= 0.6 is 34.5 Å². The van der Waals surface area contributed by atoms with Gasteiger partial charge in [-0.2, -0.15) is 0 Å². The number of halogens is 2. The van der Waals surface area contributed by atoms with E-state index in [1.165, 1.54) is 11.3 Å². The fourth-order valence-corrected chi connectivity index (χ4v) is 5.70. The Morgan fingerprint density at radius 1 is 1.26 bits per heavy atom. The maximum Gasteiger partial charge on any atom is 0.350 e. The number of ether oxygens (including phenoxy) is 2. The predicted molar refractivity (Wildman–Crippen MR) is 152 cm³/mol. The summed E-state index contributed by atoms with van der Waals surface area (Å²) in [5, 5.41) is 7.45. The number of H-pyrrole nitrogens is 1. The molecule has 39 heavy (non-hydrogen) atoms. The molecule has 1 aliphatic heterocycles. The van der Waals surface area contributed by atoms with Gasteiger partial charge in [-0.3, -0.25) is 4.79 Å². The average Bonchev–Trinajstić information content (AvgIpc) is 3.48. The molecule has 1 amide bonds. The zero-order valence-electron chi connectivity index (χ0n) is 22.1. The molecular weight excluding hydrogens is 565 g/mol. The molecule has 1 aliphatic rings. The second-order valence-corrected chi connectivity index (χ2v) is 10.9. The Labute approximate surface area is 240 Å². The van der Waals surface area contributed by atoms with Crippen LogP contribution in [0.4, 0.5) is 10.9 Å². The van der Waals surface area contributed by atoms with Crippen molar-refractivity contribution in [2.24, 2.45) is 5.92 Å². The zero-order chi connectivity index (χ0) is 28.1. The number of carbonyl (C=O) groups excluding carboxylic acids is 2. The number of aryl methyl sites for hydroxylation is 1. The van der Waals surface area contributed by atoms with Gasteiger partial charge in [0.25, 0.3) is 5.91 Å². The van der Waals surface area contributed by atoms with Crippen LogP contribution in [-0.4, -0.2) is 77.8 Å². The van der Waals surface area contributed by atoms with Gasteiger partial charge in [-0.1, -0.05) is 41.5 Å². The molecule has 0 aliphatic carbocycles. The highest BCUT2D eigenvalue weighted by Gasteiger charge is 2.32. The number of nitrogens with one attached hydrogen (secondary N) is 3. The van der Waals surface area contributed by atoms with Crippen molar-refractivity contribution >= 4 is 57.4 Å². The quantitative estimate of drug-likeness (QED) is 0.230. The lowest BCUT2D eigenvalue weighted by molar-refractivity contribution is 0.0532. The van der Waals surface area contributed by atoms with E-state index in [-0.39, 0.29) is 35.2 Å². The molecule has 0 saturated carbocycles. The molecule has 0 spiro atoms. The fourth-order valence-electron chi connectivity index (χ4n) is 4.28. The monoisotopic (exact) mass is 595 g/mol. The molecule has 3 aromatic rings. The lowest BCUT2D eigenvalue weighted by Gasteiger charge is -2.37. The standard InChI is InChI=1S/C25H31Cl2N7O4S/c1-5-38-24(36)22-20(16-10-30-17(11-29-16)28-7-9-37-4)33-25(39-22)34-8-6-15(13(2)12-34)32-23(35)21-19(27)18(26)14(3)31-21/h10-11,13,15,31H,5-9,12H2,1-4H3,(H,28,30)(H,32,35)/t13-,15+/m0/s1. The maximum atomic E-state index is 12.9. The van der Waals surface area contributed by atoms with Crippen LogP contribution in [0.3, 0.4) is 0 Å². The third-order valence-corrected chi connectivity index (χ3v) is 8.40. The van der Waals surface area contributed by atoms with Crippen molar-refractivity contribution in [1.29, 1.82) is 0 Å². The lowest BCUT2D eigenvalue weighted by Crippen LogP contribution is -2.50. The Balaban J connectivity index is 1.49. The number of esters is 1. The molecule has 4 heterocycles. The Morgan fingerprint density at radius 3 is 2.67 bits per heavy atom. The van der Waals surface area contributed by atoms with Crippen LogP contribution in [0.5, 0.6) is 0 Å².